The van der Waals surface area contributed by atoms with E-state index in [0.717, 1.165) is 37.0 Å². The largest absolute Gasteiger partial charge is 0.508 e. The Labute approximate surface area is 584 Å². The van der Waals surface area contributed by atoms with Crippen LogP contribution < -0.4 is 81.8 Å². The monoisotopic (exact) mass is 1430 g/mol. The Balaban J connectivity index is 1.67. The summed E-state index contributed by atoms with van der Waals surface area (Å²) in [6.45, 7) is 4.43. The number of amides is 14. The number of morpholine rings is 1. The van der Waals surface area contributed by atoms with Crippen LogP contribution >= 0.6 is 23.5 Å². The minimum absolute atomic E-state index is 0.0148. The van der Waals surface area contributed by atoms with E-state index in [4.69, 9.17) is 33.4 Å². The molecule has 2 aliphatic heterocycles. The molecule has 1 unspecified atom stereocenters. The van der Waals surface area contributed by atoms with E-state index in [9.17, 15) is 67.4 Å². The Morgan fingerprint density at radius 3 is 1.87 bits per heavy atom. The number of likely N-dealkylation sites (tertiary alicyclic amines) is 1. The number of hydrogen-bond acceptors (Lipinski definition) is 20. The first-order valence-electron chi connectivity index (χ1n) is 33.0. The molecule has 0 bridgehead atoms. The summed E-state index contributed by atoms with van der Waals surface area (Å²) in [5.74, 6) is -10.0. The van der Waals surface area contributed by atoms with Crippen LogP contribution in [0.4, 0.5) is 0 Å². The quantitative estimate of drug-likeness (QED) is 0.0167. The summed E-state index contributed by atoms with van der Waals surface area (Å²) < 4.78 is 6.44. The van der Waals surface area contributed by atoms with Gasteiger partial charge in [-0.1, -0.05) is 42.5 Å². The van der Waals surface area contributed by atoms with Crippen molar-refractivity contribution in [3.05, 3.63) is 65.7 Å². The van der Waals surface area contributed by atoms with Crippen LogP contribution in [0.2, 0.25) is 0 Å². The van der Waals surface area contributed by atoms with Gasteiger partial charge in [-0.2, -0.15) is 23.5 Å². The van der Waals surface area contributed by atoms with E-state index in [1.54, 1.807) is 49.0 Å². The summed E-state index contributed by atoms with van der Waals surface area (Å²) in [5.41, 5.74) is 28.6. The fraction of sp³-hybridized carbons (Fsp3) is 0.594. The molecule has 548 valence electrons. The van der Waals surface area contributed by atoms with Crippen LogP contribution in [0.25, 0.3) is 0 Å². The van der Waals surface area contributed by atoms with Gasteiger partial charge in [0.2, 0.25) is 83.2 Å². The third kappa shape index (κ3) is 31.8. The van der Waals surface area contributed by atoms with Gasteiger partial charge in [-0.25, -0.2) is 0 Å². The van der Waals surface area contributed by atoms with E-state index in [0.29, 0.717) is 67.9 Å². The summed E-state index contributed by atoms with van der Waals surface area (Å²) in [6, 6.07) is 3.80. The first kappa shape index (κ1) is 82.8. The van der Waals surface area contributed by atoms with Crippen molar-refractivity contribution in [3.8, 4) is 5.75 Å². The molecule has 2 saturated heterocycles. The molecule has 0 saturated carbocycles. The Kier molecular flexibility index (Phi) is 37.1. The molecule has 2 fully saturated rings. The van der Waals surface area contributed by atoms with Gasteiger partial charge in [0, 0.05) is 54.4 Å². The molecule has 0 aliphatic carbocycles. The number of unbranched alkanes of at least 4 members (excludes halogenated alkanes) is 2. The number of hydrogen-bond donors (Lipinski definition) is 16. The maximum absolute atomic E-state index is 15.2. The number of quaternary nitrogens is 1. The maximum Gasteiger partial charge on any atom is 0.246 e. The number of nitrogens with zero attached hydrogens (tertiary/aromatic N) is 2. The lowest BCUT2D eigenvalue weighted by molar-refractivity contribution is -0.917. The van der Waals surface area contributed by atoms with Gasteiger partial charge in [-0.3, -0.25) is 67.1 Å². The second kappa shape index (κ2) is 44.4. The predicted molar refractivity (Wildman–Crippen MR) is 368 cm³/mol. The molecule has 2 aromatic carbocycles. The molecular weight excluding hydrogens is 1330 g/mol. The highest BCUT2D eigenvalue weighted by Gasteiger charge is 2.41. The Hall–Kier alpha value is -8.64. The van der Waals surface area contributed by atoms with Crippen LogP contribution in [0, 0.1) is 0 Å². The number of carbonyl (C=O) groups is 14. The van der Waals surface area contributed by atoms with Crippen LogP contribution in [0.1, 0.15) is 88.7 Å². The number of primary amides is 3. The van der Waals surface area contributed by atoms with Gasteiger partial charge in [-0.15, -0.1) is 0 Å². The minimum atomic E-state index is -1.86. The van der Waals surface area contributed by atoms with Crippen molar-refractivity contribution >= 4 is 107 Å². The van der Waals surface area contributed by atoms with E-state index in [-0.39, 0.29) is 75.2 Å². The highest BCUT2D eigenvalue weighted by atomic mass is 32.2. The molecule has 33 nitrogen and oxygen atoms in total. The topological polar surface area (TPSA) is 522 Å². The van der Waals surface area contributed by atoms with E-state index in [2.05, 4.69) is 60.2 Å². The van der Waals surface area contributed by atoms with Crippen LogP contribution in [-0.4, -0.2) is 248 Å². The normalized spacial score (nSPS) is 16.4. The standard InChI is InChI=1S/C64H99N17O16S2/c1-40(74-57(89)35-71-56(88)34-70-55(87)32-66)36-99-44(13-7-9-24-81(2)25-27-97-28-26-81)37-98-38-50(64(96)80-23-10-15-51(80)63(95)76-45(14-6-8-22-65)58(90)72-33-54(69)86)79-62(94)49(31-53(68)85)78-59(91)46(20-21-52(67)84)75-61(93)48(30-41-11-4-3-5-12-41)77-60(92)47(73-39-82)29-42-16-18-43(83)19-17-42/h3-5,11-12,16-19,39-40,44-51H,6-10,13-15,20-38,65-66H2,1-2H3,(H16-,67,68,69,70,71,72,73,74,75,76,77,78,79,82,83,84,85,86,87,88,89,90,91,92,93,94,95)/p+1/t40-,44?,45+,46+,47+,48+,49+,50+,51+/m1/s1. The number of nitrogens with one attached hydrogen (secondary N) is 10. The molecule has 0 spiro atoms. The summed E-state index contributed by atoms with van der Waals surface area (Å²) in [7, 11) is 2.18. The number of benzene rings is 2. The summed E-state index contributed by atoms with van der Waals surface area (Å²) in [6.07, 6.45) is 2.03. The van der Waals surface area contributed by atoms with E-state index >= 15 is 4.79 Å². The highest BCUT2D eigenvalue weighted by molar-refractivity contribution is 8.03. The highest BCUT2D eigenvalue weighted by Crippen LogP contribution is 2.26. The van der Waals surface area contributed by atoms with Crippen molar-refractivity contribution in [2.45, 2.75) is 144 Å². The van der Waals surface area contributed by atoms with Crippen LogP contribution in [0.15, 0.2) is 54.6 Å². The number of likely N-dealkylation sites (N-methyl/N-ethyl adjacent to an activating group) is 1. The van der Waals surface area contributed by atoms with E-state index < -0.39 is 151 Å². The van der Waals surface area contributed by atoms with Gasteiger partial charge in [-0.05, 0) is 94.5 Å². The molecule has 2 heterocycles. The lowest BCUT2D eigenvalue weighted by Gasteiger charge is -2.37. The Bertz CT molecular complexity index is 3020. The Morgan fingerprint density at radius 1 is 0.616 bits per heavy atom. The first-order chi connectivity index (χ1) is 47.2. The van der Waals surface area contributed by atoms with E-state index in [1.807, 2.05) is 0 Å². The zero-order valence-corrected chi connectivity index (χ0v) is 57.9. The maximum atomic E-state index is 15.2. The minimum Gasteiger partial charge on any atom is -0.508 e. The van der Waals surface area contributed by atoms with Gasteiger partial charge < -0.3 is 101 Å². The summed E-state index contributed by atoms with van der Waals surface area (Å²) >= 11 is 2.83. The lowest BCUT2D eigenvalue weighted by Crippen LogP contribution is -2.61. The van der Waals surface area contributed by atoms with Crippen molar-refractivity contribution in [2.24, 2.45) is 28.7 Å². The first-order valence-corrected chi connectivity index (χ1v) is 35.2. The molecule has 4 rings (SSSR count). The van der Waals surface area contributed by atoms with Gasteiger partial charge in [0.1, 0.15) is 61.1 Å². The third-order valence-corrected chi connectivity index (χ3v) is 19.4. The van der Waals surface area contributed by atoms with Crippen molar-refractivity contribution in [1.29, 1.82) is 0 Å². The molecule has 2 aliphatic rings. The number of nitrogens with two attached hydrogens (primary N) is 5. The number of phenols is 1. The fourth-order valence-corrected chi connectivity index (χ4v) is 13.5. The van der Waals surface area contributed by atoms with Crippen molar-refractivity contribution in [1.82, 2.24) is 58.1 Å². The molecule has 0 radical (unpaired) electrons. The Morgan fingerprint density at radius 2 is 1.21 bits per heavy atom. The van der Waals surface area contributed by atoms with Crippen molar-refractivity contribution < 1.29 is 81.4 Å². The second-order valence-corrected chi connectivity index (χ2v) is 27.1. The third-order valence-electron chi connectivity index (χ3n) is 16.4. The van der Waals surface area contributed by atoms with Crippen LogP contribution in [0.3, 0.4) is 0 Å². The lowest BCUT2D eigenvalue weighted by atomic mass is 10.0. The fourth-order valence-electron chi connectivity index (χ4n) is 10.8. The van der Waals surface area contributed by atoms with Gasteiger partial charge in [0.15, 0.2) is 0 Å². The zero-order chi connectivity index (χ0) is 72.9. The SMILES string of the molecule is C[C@H](CSC(CCCC[N+]1(C)CCOCC1)CSC[C@H](NC(=O)[C@H](CC(N)=O)NC(=O)[C@H](CCC(N)=O)NC(=O)[C@H](Cc1ccccc1)NC(=O)[C@H](Cc1ccc(O)cc1)NC=O)C(=O)N1CCC[C@H]1C(=O)N[C@@H](CCCCN)C(=O)NCC(N)=O)NC(=O)CNC(=O)CNC(=O)CN. The summed E-state index contributed by atoms with van der Waals surface area (Å²) in [4.78, 5) is 187. The van der Waals surface area contributed by atoms with Crippen LogP contribution in [-0.2, 0) is 84.7 Å². The molecule has 0 aromatic heterocycles. The number of phenolic OH excluding ortho intramolecular Hbond substituents is 1. The van der Waals surface area contributed by atoms with Gasteiger partial charge in [0.25, 0.3) is 0 Å². The van der Waals surface area contributed by atoms with Crippen molar-refractivity contribution in [3.63, 3.8) is 0 Å². The number of carbonyl (C=O) groups excluding carboxylic acids is 14. The van der Waals surface area contributed by atoms with E-state index in [1.165, 1.54) is 40.9 Å². The summed E-state index contributed by atoms with van der Waals surface area (Å²) in [5, 5.41) is 35.2. The van der Waals surface area contributed by atoms with Crippen molar-refractivity contribution in [2.75, 3.05) is 96.4 Å². The number of aromatic hydroxyl groups is 1. The second-order valence-electron chi connectivity index (χ2n) is 24.7. The number of ether oxygens (including phenoxy) is 1. The molecule has 2 aromatic rings. The zero-order valence-electron chi connectivity index (χ0n) is 56.2. The molecule has 9 atom stereocenters. The average Bonchev–Trinajstić information content (AvgIpc) is 1.77. The molecule has 35 heteroatoms. The molecular formula is C64H100N17O16S2+. The average molecular weight is 1430 g/mol. The number of thioether (sulfide) groups is 2. The predicted octanol–water partition coefficient (Wildman–Crippen LogP) is -5.24. The van der Waals surface area contributed by atoms with Crippen LogP contribution in [0.5, 0.6) is 5.75 Å². The molecule has 14 amide bonds. The molecule has 99 heavy (non-hydrogen) atoms. The van der Waals surface area contributed by atoms with Gasteiger partial charge in [0.05, 0.1) is 59.4 Å². The van der Waals surface area contributed by atoms with Gasteiger partial charge >= 0.3 is 0 Å². The molecule has 21 N–H and O–H groups in total. The smallest absolute Gasteiger partial charge is 0.246 e. The number of rotatable bonds is 47.